The summed E-state index contributed by atoms with van der Waals surface area (Å²) in [6.07, 6.45) is 0. The zero-order chi connectivity index (χ0) is 17.1. The number of carbonyl (C=O) groups is 1. The van der Waals surface area contributed by atoms with E-state index in [1.165, 1.54) is 11.3 Å². The summed E-state index contributed by atoms with van der Waals surface area (Å²) in [7, 11) is 1.64. The third-order valence-corrected chi connectivity index (χ3v) is 4.85. The molecule has 6 heteroatoms. The SMILES string of the molecule is COc1ccc(-c2nc(NC(=O)c3cccc(Br)c3)sc2C)cc1. The molecule has 0 unspecified atom stereocenters. The van der Waals surface area contributed by atoms with Gasteiger partial charge in [0.05, 0.1) is 12.8 Å². The highest BCUT2D eigenvalue weighted by Crippen LogP contribution is 2.31. The van der Waals surface area contributed by atoms with Gasteiger partial charge in [-0.05, 0) is 49.4 Å². The number of methoxy groups -OCH3 is 1. The number of nitrogens with zero attached hydrogens (tertiary/aromatic N) is 1. The highest BCUT2D eigenvalue weighted by Gasteiger charge is 2.13. The Bertz CT molecular complexity index is 875. The third kappa shape index (κ3) is 3.66. The van der Waals surface area contributed by atoms with Gasteiger partial charge in [0, 0.05) is 20.5 Å². The van der Waals surface area contributed by atoms with Crippen LogP contribution in [0.2, 0.25) is 0 Å². The van der Waals surface area contributed by atoms with E-state index < -0.39 is 0 Å². The van der Waals surface area contributed by atoms with Gasteiger partial charge in [-0.3, -0.25) is 10.1 Å². The molecule has 0 spiro atoms. The smallest absolute Gasteiger partial charge is 0.257 e. The molecule has 0 atom stereocenters. The van der Waals surface area contributed by atoms with Crippen molar-refractivity contribution in [1.82, 2.24) is 4.98 Å². The van der Waals surface area contributed by atoms with Gasteiger partial charge in [-0.2, -0.15) is 0 Å². The Morgan fingerprint density at radius 3 is 2.62 bits per heavy atom. The number of aromatic nitrogens is 1. The number of amides is 1. The Kier molecular flexibility index (Phi) is 4.97. The van der Waals surface area contributed by atoms with Crippen molar-refractivity contribution >= 4 is 38.3 Å². The quantitative estimate of drug-likeness (QED) is 0.656. The number of thiazole rings is 1. The van der Waals surface area contributed by atoms with Gasteiger partial charge in [-0.25, -0.2) is 4.98 Å². The van der Waals surface area contributed by atoms with Crippen molar-refractivity contribution in [2.75, 3.05) is 12.4 Å². The second-order valence-corrected chi connectivity index (χ2v) is 7.24. The van der Waals surface area contributed by atoms with Gasteiger partial charge in [0.2, 0.25) is 0 Å². The van der Waals surface area contributed by atoms with E-state index in [1.54, 1.807) is 19.2 Å². The van der Waals surface area contributed by atoms with Gasteiger partial charge in [-0.15, -0.1) is 11.3 Å². The number of hydrogen-bond donors (Lipinski definition) is 1. The monoisotopic (exact) mass is 402 g/mol. The number of ether oxygens (including phenoxy) is 1. The van der Waals surface area contributed by atoms with Crippen LogP contribution in [0.5, 0.6) is 5.75 Å². The number of aryl methyl sites for hydroxylation is 1. The van der Waals surface area contributed by atoms with E-state index in [4.69, 9.17) is 4.74 Å². The molecule has 0 aliphatic rings. The van der Waals surface area contributed by atoms with Gasteiger partial charge in [-0.1, -0.05) is 22.0 Å². The lowest BCUT2D eigenvalue weighted by Gasteiger charge is -2.02. The molecule has 4 nitrogen and oxygen atoms in total. The Balaban J connectivity index is 1.82. The van der Waals surface area contributed by atoms with Crippen LogP contribution in [0.1, 0.15) is 15.2 Å². The first-order valence-electron chi connectivity index (χ1n) is 7.25. The average molecular weight is 403 g/mol. The summed E-state index contributed by atoms with van der Waals surface area (Å²) in [4.78, 5) is 17.9. The van der Waals surface area contributed by atoms with Crippen molar-refractivity contribution < 1.29 is 9.53 Å². The second-order valence-electron chi connectivity index (χ2n) is 5.12. The Hall–Kier alpha value is -2.18. The third-order valence-electron chi connectivity index (χ3n) is 3.47. The van der Waals surface area contributed by atoms with Crippen molar-refractivity contribution in [2.24, 2.45) is 0 Å². The molecule has 0 aliphatic heterocycles. The van der Waals surface area contributed by atoms with Crippen LogP contribution in [-0.2, 0) is 0 Å². The molecular formula is C18H15BrN2O2S. The number of rotatable bonds is 4. The van der Waals surface area contributed by atoms with Gasteiger partial charge < -0.3 is 4.74 Å². The summed E-state index contributed by atoms with van der Waals surface area (Å²) in [6, 6.07) is 15.0. The average Bonchev–Trinajstić information content (AvgIpc) is 2.95. The van der Waals surface area contributed by atoms with E-state index in [1.807, 2.05) is 43.3 Å². The number of hydrogen-bond acceptors (Lipinski definition) is 4. The fourth-order valence-electron chi connectivity index (χ4n) is 2.27. The van der Waals surface area contributed by atoms with E-state index in [0.717, 1.165) is 26.4 Å². The normalized spacial score (nSPS) is 10.5. The zero-order valence-corrected chi connectivity index (χ0v) is 15.6. The second kappa shape index (κ2) is 7.15. The fourth-order valence-corrected chi connectivity index (χ4v) is 3.50. The Labute approximate surface area is 152 Å². The lowest BCUT2D eigenvalue weighted by molar-refractivity contribution is 0.102. The molecule has 0 saturated carbocycles. The predicted octanol–water partition coefficient (Wildman–Crippen LogP) is 5.14. The van der Waals surface area contributed by atoms with E-state index in [9.17, 15) is 4.79 Å². The number of nitrogens with one attached hydrogen (secondary N) is 1. The highest BCUT2D eigenvalue weighted by atomic mass is 79.9. The molecule has 3 aromatic rings. The lowest BCUT2D eigenvalue weighted by atomic mass is 10.1. The molecule has 0 aliphatic carbocycles. The van der Waals surface area contributed by atoms with Crippen molar-refractivity contribution in [3.8, 4) is 17.0 Å². The van der Waals surface area contributed by atoms with E-state index in [-0.39, 0.29) is 5.91 Å². The predicted molar refractivity (Wildman–Crippen MR) is 101 cm³/mol. The first kappa shape index (κ1) is 16.7. The Morgan fingerprint density at radius 2 is 1.96 bits per heavy atom. The first-order valence-corrected chi connectivity index (χ1v) is 8.86. The van der Waals surface area contributed by atoms with E-state index >= 15 is 0 Å². The molecular weight excluding hydrogens is 388 g/mol. The van der Waals surface area contributed by atoms with Crippen LogP contribution in [0.15, 0.2) is 53.0 Å². The molecule has 122 valence electrons. The molecule has 2 aromatic carbocycles. The molecule has 0 bridgehead atoms. The summed E-state index contributed by atoms with van der Waals surface area (Å²) in [5, 5.41) is 3.45. The minimum absolute atomic E-state index is 0.175. The molecule has 0 fully saturated rings. The van der Waals surface area contributed by atoms with Crippen molar-refractivity contribution in [2.45, 2.75) is 6.92 Å². The van der Waals surface area contributed by atoms with Gasteiger partial charge in [0.1, 0.15) is 5.75 Å². The molecule has 24 heavy (non-hydrogen) atoms. The van der Waals surface area contributed by atoms with Crippen molar-refractivity contribution in [3.63, 3.8) is 0 Å². The summed E-state index contributed by atoms with van der Waals surface area (Å²) in [5.41, 5.74) is 2.45. The molecule has 0 radical (unpaired) electrons. The summed E-state index contributed by atoms with van der Waals surface area (Å²) < 4.78 is 6.04. The zero-order valence-electron chi connectivity index (χ0n) is 13.2. The summed E-state index contributed by atoms with van der Waals surface area (Å²) >= 11 is 4.83. The fraction of sp³-hybridized carbons (Fsp3) is 0.111. The maximum absolute atomic E-state index is 12.3. The molecule has 1 aromatic heterocycles. The number of anilines is 1. The number of halogens is 1. The maximum Gasteiger partial charge on any atom is 0.257 e. The van der Waals surface area contributed by atoms with Gasteiger partial charge in [0.15, 0.2) is 5.13 Å². The summed E-state index contributed by atoms with van der Waals surface area (Å²) in [5.74, 6) is 0.626. The van der Waals surface area contributed by atoms with Crippen LogP contribution in [0, 0.1) is 6.92 Å². The van der Waals surface area contributed by atoms with Crippen molar-refractivity contribution in [3.05, 3.63) is 63.4 Å². The Morgan fingerprint density at radius 1 is 1.21 bits per heavy atom. The first-order chi connectivity index (χ1) is 11.6. The van der Waals surface area contributed by atoms with Crippen LogP contribution < -0.4 is 10.1 Å². The van der Waals surface area contributed by atoms with Crippen LogP contribution in [-0.4, -0.2) is 18.0 Å². The maximum atomic E-state index is 12.3. The molecule has 1 N–H and O–H groups in total. The van der Waals surface area contributed by atoms with Crippen LogP contribution in [0.3, 0.4) is 0 Å². The van der Waals surface area contributed by atoms with Crippen molar-refractivity contribution in [1.29, 1.82) is 0 Å². The van der Waals surface area contributed by atoms with Crippen LogP contribution >= 0.6 is 27.3 Å². The topological polar surface area (TPSA) is 51.2 Å². The lowest BCUT2D eigenvalue weighted by Crippen LogP contribution is -2.11. The standard InChI is InChI=1S/C18H15BrN2O2S/c1-11-16(12-6-8-15(23-2)9-7-12)20-18(24-11)21-17(22)13-4-3-5-14(19)10-13/h3-10H,1-2H3,(H,20,21,22). The van der Waals surface area contributed by atoms with Gasteiger partial charge in [0.25, 0.3) is 5.91 Å². The number of benzene rings is 2. The molecule has 1 amide bonds. The number of carbonyl (C=O) groups excluding carboxylic acids is 1. The minimum atomic E-state index is -0.175. The van der Waals surface area contributed by atoms with E-state index in [2.05, 4.69) is 26.2 Å². The minimum Gasteiger partial charge on any atom is -0.497 e. The van der Waals surface area contributed by atoms with E-state index in [0.29, 0.717) is 10.7 Å². The summed E-state index contributed by atoms with van der Waals surface area (Å²) in [6.45, 7) is 1.99. The molecule has 3 rings (SSSR count). The highest BCUT2D eigenvalue weighted by molar-refractivity contribution is 9.10. The molecule has 1 heterocycles. The molecule has 0 saturated heterocycles. The largest absolute Gasteiger partial charge is 0.497 e. The van der Waals surface area contributed by atoms with Gasteiger partial charge >= 0.3 is 0 Å². The van der Waals surface area contributed by atoms with Crippen LogP contribution in [0.25, 0.3) is 11.3 Å². The van der Waals surface area contributed by atoms with Crippen LogP contribution in [0.4, 0.5) is 5.13 Å².